The van der Waals surface area contributed by atoms with Crippen LogP contribution in [0.25, 0.3) is 0 Å². The first kappa shape index (κ1) is 13.9. The summed E-state index contributed by atoms with van der Waals surface area (Å²) in [6, 6.07) is 0.338. The second-order valence-corrected chi connectivity index (χ2v) is 5.28. The average molecular weight is 200 g/mol. The summed E-state index contributed by atoms with van der Waals surface area (Å²) < 4.78 is 0. The molecular weight excluding hydrogens is 172 g/mol. The van der Waals surface area contributed by atoms with Crippen molar-refractivity contribution in [3.63, 3.8) is 0 Å². The van der Waals surface area contributed by atoms with Crippen LogP contribution in [-0.2, 0) is 0 Å². The van der Waals surface area contributed by atoms with E-state index in [9.17, 15) is 0 Å². The molecular formula is C12H28N2. The van der Waals surface area contributed by atoms with Crippen LogP contribution in [0.1, 0.15) is 47.5 Å². The number of rotatable bonds is 6. The molecule has 0 amide bonds. The van der Waals surface area contributed by atoms with Crippen LogP contribution in [-0.4, -0.2) is 30.1 Å². The molecule has 0 heterocycles. The number of hydrogen-bond acceptors (Lipinski definition) is 2. The van der Waals surface area contributed by atoms with E-state index in [2.05, 4.69) is 46.6 Å². The molecule has 0 radical (unpaired) electrons. The third kappa shape index (κ3) is 4.43. The van der Waals surface area contributed by atoms with Crippen LogP contribution >= 0.6 is 0 Å². The first-order valence-electron chi connectivity index (χ1n) is 5.78. The van der Waals surface area contributed by atoms with Gasteiger partial charge in [-0.3, -0.25) is 0 Å². The predicted octanol–water partition coefficient (Wildman–Crippen LogP) is 2.48. The quantitative estimate of drug-likeness (QED) is 0.714. The fourth-order valence-electron chi connectivity index (χ4n) is 1.25. The van der Waals surface area contributed by atoms with E-state index in [1.54, 1.807) is 0 Å². The van der Waals surface area contributed by atoms with Crippen molar-refractivity contribution in [3.8, 4) is 0 Å². The number of nitrogens with two attached hydrogens (primary N) is 1. The highest BCUT2D eigenvalue weighted by molar-refractivity contribution is 4.78. The lowest BCUT2D eigenvalue weighted by Gasteiger charge is -2.35. The maximum Gasteiger partial charge on any atom is 0.0147 e. The van der Waals surface area contributed by atoms with Gasteiger partial charge in [0, 0.05) is 11.6 Å². The molecule has 0 aromatic rings. The van der Waals surface area contributed by atoms with Crippen LogP contribution in [0.3, 0.4) is 0 Å². The van der Waals surface area contributed by atoms with E-state index in [1.165, 1.54) is 6.42 Å². The van der Waals surface area contributed by atoms with Gasteiger partial charge in [-0.2, -0.15) is 0 Å². The molecule has 0 saturated heterocycles. The Bertz CT molecular complexity index is 152. The zero-order valence-electron chi connectivity index (χ0n) is 10.8. The SMILES string of the molecule is CCC(C)(C)N(C)CCC(N)C(C)C. The smallest absolute Gasteiger partial charge is 0.0147 e. The molecule has 1 unspecified atom stereocenters. The largest absolute Gasteiger partial charge is 0.327 e. The van der Waals surface area contributed by atoms with E-state index in [1.807, 2.05) is 0 Å². The van der Waals surface area contributed by atoms with Crippen LogP contribution in [0, 0.1) is 5.92 Å². The first-order valence-corrected chi connectivity index (χ1v) is 5.78. The van der Waals surface area contributed by atoms with Gasteiger partial charge in [-0.25, -0.2) is 0 Å². The van der Waals surface area contributed by atoms with Crippen molar-refractivity contribution in [2.75, 3.05) is 13.6 Å². The van der Waals surface area contributed by atoms with Gasteiger partial charge in [0.25, 0.3) is 0 Å². The van der Waals surface area contributed by atoms with Crippen LogP contribution in [0.15, 0.2) is 0 Å². The molecule has 0 aromatic heterocycles. The molecule has 14 heavy (non-hydrogen) atoms. The fourth-order valence-corrected chi connectivity index (χ4v) is 1.25. The molecule has 0 aliphatic rings. The van der Waals surface area contributed by atoms with Crippen molar-refractivity contribution in [2.45, 2.75) is 59.0 Å². The molecule has 0 aliphatic heterocycles. The average Bonchev–Trinajstić information content (AvgIpc) is 2.13. The summed E-state index contributed by atoms with van der Waals surface area (Å²) in [5.41, 5.74) is 6.33. The minimum atomic E-state index is 0.302. The Hall–Kier alpha value is -0.0800. The normalized spacial score (nSPS) is 15.2. The molecule has 0 fully saturated rings. The zero-order chi connectivity index (χ0) is 11.4. The topological polar surface area (TPSA) is 29.3 Å². The van der Waals surface area contributed by atoms with E-state index in [0.29, 0.717) is 17.5 Å². The highest BCUT2D eigenvalue weighted by atomic mass is 15.2. The van der Waals surface area contributed by atoms with Crippen molar-refractivity contribution in [1.82, 2.24) is 4.90 Å². The van der Waals surface area contributed by atoms with Crippen molar-refractivity contribution >= 4 is 0 Å². The molecule has 0 aromatic carbocycles. The maximum atomic E-state index is 6.02. The standard InChI is InChI=1S/C12H28N2/c1-7-12(4,5)14(6)9-8-11(13)10(2)3/h10-11H,7-9,13H2,1-6H3. The van der Waals surface area contributed by atoms with Gasteiger partial charge in [0.15, 0.2) is 0 Å². The van der Waals surface area contributed by atoms with E-state index >= 15 is 0 Å². The predicted molar refractivity (Wildman–Crippen MR) is 64.4 cm³/mol. The van der Waals surface area contributed by atoms with Gasteiger partial charge in [0.2, 0.25) is 0 Å². The summed E-state index contributed by atoms with van der Waals surface area (Å²) in [5, 5.41) is 0. The Morgan fingerprint density at radius 2 is 1.79 bits per heavy atom. The lowest BCUT2D eigenvalue weighted by Crippen LogP contribution is -2.43. The zero-order valence-corrected chi connectivity index (χ0v) is 10.8. The highest BCUT2D eigenvalue weighted by Gasteiger charge is 2.21. The third-order valence-electron chi connectivity index (χ3n) is 3.55. The minimum Gasteiger partial charge on any atom is -0.327 e. The second-order valence-electron chi connectivity index (χ2n) is 5.28. The summed E-state index contributed by atoms with van der Waals surface area (Å²) in [5.74, 6) is 0.591. The number of nitrogens with zero attached hydrogens (tertiary/aromatic N) is 1. The molecule has 0 spiro atoms. The molecule has 86 valence electrons. The summed E-state index contributed by atoms with van der Waals surface area (Å²) in [4.78, 5) is 2.41. The van der Waals surface area contributed by atoms with Gasteiger partial charge in [-0.1, -0.05) is 20.8 Å². The highest BCUT2D eigenvalue weighted by Crippen LogP contribution is 2.17. The van der Waals surface area contributed by atoms with Gasteiger partial charge >= 0.3 is 0 Å². The molecule has 0 bridgehead atoms. The van der Waals surface area contributed by atoms with Gasteiger partial charge in [0.1, 0.15) is 0 Å². The Labute approximate surface area is 89.9 Å². The minimum absolute atomic E-state index is 0.302. The lowest BCUT2D eigenvalue weighted by molar-refractivity contribution is 0.143. The summed E-state index contributed by atoms with van der Waals surface area (Å²) >= 11 is 0. The molecule has 0 aliphatic carbocycles. The Kier molecular flexibility index (Phi) is 5.68. The summed E-state index contributed by atoms with van der Waals surface area (Å²) in [6.07, 6.45) is 2.28. The van der Waals surface area contributed by atoms with Crippen LogP contribution < -0.4 is 5.73 Å². The van der Waals surface area contributed by atoms with Gasteiger partial charge < -0.3 is 10.6 Å². The monoisotopic (exact) mass is 200 g/mol. The molecule has 2 N–H and O–H groups in total. The second kappa shape index (κ2) is 5.72. The van der Waals surface area contributed by atoms with Gasteiger partial charge in [0.05, 0.1) is 0 Å². The van der Waals surface area contributed by atoms with Crippen molar-refractivity contribution in [3.05, 3.63) is 0 Å². The molecule has 2 heteroatoms. The molecule has 0 saturated carbocycles. The van der Waals surface area contributed by atoms with E-state index < -0.39 is 0 Å². The van der Waals surface area contributed by atoms with Crippen molar-refractivity contribution < 1.29 is 0 Å². The van der Waals surface area contributed by atoms with Crippen LogP contribution in [0.5, 0.6) is 0 Å². The third-order valence-corrected chi connectivity index (χ3v) is 3.55. The Morgan fingerprint density at radius 1 is 1.29 bits per heavy atom. The van der Waals surface area contributed by atoms with E-state index in [-0.39, 0.29) is 0 Å². The van der Waals surface area contributed by atoms with Gasteiger partial charge in [-0.05, 0) is 46.2 Å². The lowest BCUT2D eigenvalue weighted by atomic mass is 9.97. The maximum absolute atomic E-state index is 6.02. The van der Waals surface area contributed by atoms with E-state index in [4.69, 9.17) is 5.73 Å². The van der Waals surface area contributed by atoms with Crippen LogP contribution in [0.4, 0.5) is 0 Å². The summed E-state index contributed by atoms with van der Waals surface area (Å²) in [6.45, 7) is 12.3. The fraction of sp³-hybridized carbons (Fsp3) is 1.00. The van der Waals surface area contributed by atoms with E-state index in [0.717, 1.165) is 13.0 Å². The van der Waals surface area contributed by atoms with Crippen LogP contribution in [0.2, 0.25) is 0 Å². The Morgan fingerprint density at radius 3 is 2.14 bits per heavy atom. The molecule has 2 nitrogen and oxygen atoms in total. The number of hydrogen-bond donors (Lipinski definition) is 1. The first-order chi connectivity index (χ1) is 6.31. The summed E-state index contributed by atoms with van der Waals surface area (Å²) in [7, 11) is 2.19. The molecule has 1 atom stereocenters. The van der Waals surface area contributed by atoms with Crippen molar-refractivity contribution in [1.29, 1.82) is 0 Å². The molecule has 0 rings (SSSR count). The Balaban J connectivity index is 3.90. The van der Waals surface area contributed by atoms with Gasteiger partial charge in [-0.15, -0.1) is 0 Å². The van der Waals surface area contributed by atoms with Crippen molar-refractivity contribution in [2.24, 2.45) is 11.7 Å².